The summed E-state index contributed by atoms with van der Waals surface area (Å²) in [6.07, 6.45) is 0. The molecule has 0 bridgehead atoms. The molecule has 0 fully saturated rings. The first-order valence-electron chi connectivity index (χ1n) is 8.12. The molecule has 142 valence electrons. The first kappa shape index (κ1) is 19.2. The average Bonchev–Trinajstić information content (AvgIpc) is 3.05. The number of carbonyl (C=O) groups is 1. The Bertz CT molecular complexity index is 1120. The van der Waals surface area contributed by atoms with Crippen molar-refractivity contribution in [3.63, 3.8) is 0 Å². The number of nitrogens with one attached hydrogen (secondary N) is 1. The van der Waals surface area contributed by atoms with E-state index in [9.17, 15) is 14.4 Å². The van der Waals surface area contributed by atoms with Gasteiger partial charge in [0.2, 0.25) is 5.91 Å². The van der Waals surface area contributed by atoms with Crippen LogP contribution in [-0.4, -0.2) is 32.4 Å². The van der Waals surface area contributed by atoms with Crippen molar-refractivity contribution in [3.05, 3.63) is 45.1 Å². The van der Waals surface area contributed by atoms with Crippen molar-refractivity contribution in [3.8, 4) is 5.75 Å². The Labute approximate surface area is 162 Å². The maximum absolute atomic E-state index is 12.2. The minimum atomic E-state index is -0.498. The van der Waals surface area contributed by atoms with Gasteiger partial charge in [0.15, 0.2) is 4.34 Å². The zero-order chi connectivity index (χ0) is 19.6. The number of nitrogens with zero attached hydrogens (tertiary/aromatic N) is 3. The molecule has 10 heteroatoms. The molecule has 27 heavy (non-hydrogen) atoms. The summed E-state index contributed by atoms with van der Waals surface area (Å²) < 4.78 is 9.41. The van der Waals surface area contributed by atoms with Gasteiger partial charge in [-0.25, -0.2) is 9.78 Å². The number of thiazole rings is 1. The quantitative estimate of drug-likeness (QED) is 0.628. The van der Waals surface area contributed by atoms with E-state index in [2.05, 4.69) is 10.3 Å². The average molecular weight is 406 g/mol. The molecule has 0 unspecified atom stereocenters. The lowest BCUT2D eigenvalue weighted by molar-refractivity contribution is -0.113. The number of hydrogen-bond acceptors (Lipinski definition) is 7. The monoisotopic (exact) mass is 406 g/mol. The fourth-order valence-electron chi connectivity index (χ4n) is 2.36. The van der Waals surface area contributed by atoms with Crippen LogP contribution >= 0.6 is 23.1 Å². The first-order chi connectivity index (χ1) is 12.9. The number of ether oxygens (including phenoxy) is 1. The van der Waals surface area contributed by atoms with Crippen LogP contribution < -0.4 is 21.3 Å². The molecule has 0 saturated heterocycles. The topological polar surface area (TPSA) is 95.2 Å². The van der Waals surface area contributed by atoms with Gasteiger partial charge in [-0.3, -0.25) is 18.7 Å². The van der Waals surface area contributed by atoms with Crippen LogP contribution in [0.1, 0.15) is 6.92 Å². The maximum atomic E-state index is 12.2. The standard InChI is InChI=1S/C17H18N4O4S2/c1-4-25-10-5-6-11-12(7-10)27-16(18-11)26-9-14(22)19-13-8-15(23)21(3)17(24)20(13)2/h5-8H,4,9H2,1-3H3,(H,19,22). The minimum absolute atomic E-state index is 0.113. The van der Waals surface area contributed by atoms with Crippen LogP contribution in [0.3, 0.4) is 0 Å². The lowest BCUT2D eigenvalue weighted by Gasteiger charge is -2.10. The van der Waals surface area contributed by atoms with Crippen LogP contribution in [0.2, 0.25) is 0 Å². The number of aromatic nitrogens is 3. The third kappa shape index (κ3) is 4.22. The molecule has 1 N–H and O–H groups in total. The molecule has 0 aliphatic carbocycles. The van der Waals surface area contributed by atoms with E-state index in [4.69, 9.17) is 4.74 Å². The Morgan fingerprint density at radius 1 is 1.26 bits per heavy atom. The number of amides is 1. The van der Waals surface area contributed by atoms with Gasteiger partial charge in [-0.1, -0.05) is 11.8 Å². The van der Waals surface area contributed by atoms with Crippen molar-refractivity contribution in [2.75, 3.05) is 17.7 Å². The van der Waals surface area contributed by atoms with Crippen LogP contribution in [0, 0.1) is 0 Å². The molecule has 1 aromatic carbocycles. The lowest BCUT2D eigenvalue weighted by atomic mass is 10.3. The number of fused-ring (bicyclic) bond motifs is 1. The van der Waals surface area contributed by atoms with Gasteiger partial charge < -0.3 is 10.1 Å². The number of benzene rings is 1. The molecule has 0 saturated carbocycles. The Balaban J connectivity index is 1.68. The summed E-state index contributed by atoms with van der Waals surface area (Å²) >= 11 is 2.77. The van der Waals surface area contributed by atoms with Gasteiger partial charge >= 0.3 is 5.69 Å². The van der Waals surface area contributed by atoms with Gasteiger partial charge in [-0.05, 0) is 25.1 Å². The summed E-state index contributed by atoms with van der Waals surface area (Å²) in [5.74, 6) is 0.744. The molecule has 0 radical (unpaired) electrons. The van der Waals surface area contributed by atoms with E-state index in [0.717, 1.165) is 24.9 Å². The van der Waals surface area contributed by atoms with Crippen molar-refractivity contribution in [1.82, 2.24) is 14.1 Å². The summed E-state index contributed by atoms with van der Waals surface area (Å²) in [4.78, 5) is 40.3. The molecule has 8 nitrogen and oxygen atoms in total. The second-order valence-corrected chi connectivity index (χ2v) is 7.90. The molecule has 3 rings (SSSR count). The Hall–Kier alpha value is -2.59. The van der Waals surface area contributed by atoms with Gasteiger partial charge in [0.05, 0.1) is 22.6 Å². The molecule has 1 amide bonds. The van der Waals surface area contributed by atoms with Crippen molar-refractivity contribution in [2.45, 2.75) is 11.3 Å². The van der Waals surface area contributed by atoms with E-state index in [1.165, 1.54) is 47.8 Å². The van der Waals surface area contributed by atoms with E-state index in [1.807, 2.05) is 25.1 Å². The molecular formula is C17H18N4O4S2. The molecule has 0 aliphatic rings. The largest absolute Gasteiger partial charge is 0.494 e. The molecule has 3 aromatic rings. The van der Waals surface area contributed by atoms with E-state index < -0.39 is 11.2 Å². The van der Waals surface area contributed by atoms with Crippen LogP contribution in [0.15, 0.2) is 38.2 Å². The first-order valence-corrected chi connectivity index (χ1v) is 9.92. The van der Waals surface area contributed by atoms with Crippen LogP contribution in [0.25, 0.3) is 10.2 Å². The smallest absolute Gasteiger partial charge is 0.332 e. The van der Waals surface area contributed by atoms with Gasteiger partial charge in [-0.15, -0.1) is 11.3 Å². The van der Waals surface area contributed by atoms with Crippen LogP contribution in [0.4, 0.5) is 5.82 Å². The number of carbonyl (C=O) groups excluding carboxylic acids is 1. The zero-order valence-corrected chi connectivity index (χ0v) is 16.6. The van der Waals surface area contributed by atoms with Crippen molar-refractivity contribution in [2.24, 2.45) is 14.1 Å². The highest BCUT2D eigenvalue weighted by Crippen LogP contribution is 2.31. The Morgan fingerprint density at radius 2 is 2.04 bits per heavy atom. The maximum Gasteiger partial charge on any atom is 0.332 e. The fraction of sp³-hybridized carbons (Fsp3) is 0.294. The Morgan fingerprint density at radius 3 is 2.78 bits per heavy atom. The normalized spacial score (nSPS) is 10.9. The molecule has 0 atom stereocenters. The third-order valence-corrected chi connectivity index (χ3v) is 5.93. The summed E-state index contributed by atoms with van der Waals surface area (Å²) in [6, 6.07) is 6.90. The van der Waals surface area contributed by atoms with Gasteiger partial charge in [0.1, 0.15) is 11.6 Å². The molecule has 2 heterocycles. The highest BCUT2D eigenvalue weighted by Gasteiger charge is 2.12. The second kappa shape index (κ2) is 7.97. The molecular weight excluding hydrogens is 388 g/mol. The van der Waals surface area contributed by atoms with E-state index >= 15 is 0 Å². The van der Waals surface area contributed by atoms with Gasteiger partial charge in [0, 0.05) is 20.2 Å². The van der Waals surface area contributed by atoms with Crippen molar-refractivity contribution < 1.29 is 9.53 Å². The number of anilines is 1. The van der Waals surface area contributed by atoms with Crippen LogP contribution in [0.5, 0.6) is 5.75 Å². The van der Waals surface area contributed by atoms with E-state index in [0.29, 0.717) is 6.61 Å². The predicted octanol–water partition coefficient (Wildman–Crippen LogP) is 1.82. The SMILES string of the molecule is CCOc1ccc2nc(SCC(=O)Nc3cc(=O)n(C)c(=O)n3C)sc2c1. The minimum Gasteiger partial charge on any atom is -0.494 e. The highest BCUT2D eigenvalue weighted by atomic mass is 32.2. The lowest BCUT2D eigenvalue weighted by Crippen LogP contribution is -2.38. The number of thioether (sulfide) groups is 1. The molecule has 0 aliphatic heterocycles. The van der Waals surface area contributed by atoms with Crippen molar-refractivity contribution in [1.29, 1.82) is 0 Å². The molecule has 0 spiro atoms. The number of rotatable bonds is 6. The van der Waals surface area contributed by atoms with Gasteiger partial charge in [0.25, 0.3) is 5.56 Å². The molecule has 2 aromatic heterocycles. The van der Waals surface area contributed by atoms with Crippen molar-refractivity contribution >= 4 is 45.0 Å². The van der Waals surface area contributed by atoms with E-state index in [-0.39, 0.29) is 17.5 Å². The zero-order valence-electron chi connectivity index (χ0n) is 15.0. The second-order valence-electron chi connectivity index (χ2n) is 5.65. The third-order valence-electron chi connectivity index (χ3n) is 3.77. The van der Waals surface area contributed by atoms with Gasteiger partial charge in [-0.2, -0.15) is 0 Å². The summed E-state index contributed by atoms with van der Waals surface area (Å²) in [5, 5.41) is 2.60. The summed E-state index contributed by atoms with van der Waals surface area (Å²) in [5.41, 5.74) is -0.126. The summed E-state index contributed by atoms with van der Waals surface area (Å²) in [6.45, 7) is 2.52. The van der Waals surface area contributed by atoms with E-state index in [1.54, 1.807) is 0 Å². The summed E-state index contributed by atoms with van der Waals surface area (Å²) in [7, 11) is 2.88. The fourth-order valence-corrected chi connectivity index (χ4v) is 4.26. The van der Waals surface area contributed by atoms with Crippen LogP contribution in [-0.2, 0) is 18.9 Å². The highest BCUT2D eigenvalue weighted by molar-refractivity contribution is 8.01. The Kier molecular flexibility index (Phi) is 5.66. The predicted molar refractivity (Wildman–Crippen MR) is 107 cm³/mol. The number of hydrogen-bond donors (Lipinski definition) is 1.